The Bertz CT molecular complexity index is 1480. The smallest absolute Gasteiger partial charge is 0.409 e. The highest BCUT2D eigenvalue weighted by molar-refractivity contribution is 5.72. The molecule has 0 aliphatic heterocycles. The lowest BCUT2D eigenvalue weighted by atomic mass is 9.92. The minimum Gasteiger partial charge on any atom is -0.409 e. The summed E-state index contributed by atoms with van der Waals surface area (Å²) in [7, 11) is 0. The lowest BCUT2D eigenvalue weighted by Gasteiger charge is -2.35. The summed E-state index contributed by atoms with van der Waals surface area (Å²) in [6.45, 7) is 0.0942. The Morgan fingerprint density at radius 2 is 1.89 bits per heavy atom. The number of amides is 1. The summed E-state index contributed by atoms with van der Waals surface area (Å²) >= 11 is 0. The number of aromatic amines is 1. The molecule has 3 fully saturated rings. The maximum Gasteiger partial charge on any atom is 0.416 e. The zero-order valence-corrected chi connectivity index (χ0v) is 18.9. The van der Waals surface area contributed by atoms with Crippen molar-refractivity contribution in [2.75, 3.05) is 6.54 Å². The van der Waals surface area contributed by atoms with Crippen molar-refractivity contribution in [3.05, 3.63) is 50.9 Å². The first kappa shape index (κ1) is 21.6. The number of fused-ring (bicyclic) bond motifs is 1. The number of H-pyrrole nitrogens is 1. The van der Waals surface area contributed by atoms with Crippen LogP contribution in [-0.4, -0.2) is 47.7 Å². The van der Waals surface area contributed by atoms with Crippen LogP contribution in [-0.2, 0) is 0 Å². The third kappa shape index (κ3) is 4.09. The molecule has 180 valence electrons. The Kier molecular flexibility index (Phi) is 5.16. The number of aromatic nitrogens is 5. The summed E-state index contributed by atoms with van der Waals surface area (Å²) in [6, 6.07) is 2.49. The van der Waals surface area contributed by atoms with Crippen molar-refractivity contribution in [2.24, 2.45) is 0 Å². The van der Waals surface area contributed by atoms with Crippen molar-refractivity contribution >= 4 is 17.3 Å². The van der Waals surface area contributed by atoms with Gasteiger partial charge in [-0.15, -0.1) is 0 Å². The number of hydrogen-bond donors (Lipinski definition) is 1. The van der Waals surface area contributed by atoms with E-state index in [1.54, 1.807) is 4.57 Å². The van der Waals surface area contributed by atoms with Gasteiger partial charge in [-0.05, 0) is 63.0 Å². The van der Waals surface area contributed by atoms with Crippen molar-refractivity contribution in [1.82, 2.24) is 29.0 Å². The summed E-state index contributed by atoms with van der Waals surface area (Å²) < 4.78 is 21.3. The number of ether oxygens (including phenoxy) is 1. The fraction of sp³-hybridized carbons (Fsp3) is 0.458. The molecule has 3 aromatic rings. The minimum absolute atomic E-state index is 0.00618. The Hall–Kier alpha value is -3.94. The van der Waals surface area contributed by atoms with Crippen LogP contribution in [0.3, 0.4) is 0 Å². The second-order valence-corrected chi connectivity index (χ2v) is 9.27. The number of nitrogens with zero attached hydrogens (tertiary/aromatic N) is 5. The zero-order chi connectivity index (χ0) is 24.1. The van der Waals surface area contributed by atoms with E-state index in [1.807, 2.05) is 0 Å². The average Bonchev–Trinajstić information content (AvgIpc) is 3.73. The zero-order valence-electron chi connectivity index (χ0n) is 18.9. The molecule has 3 aromatic heterocycles. The van der Waals surface area contributed by atoms with Gasteiger partial charge in [0.05, 0.1) is 12.7 Å². The van der Waals surface area contributed by atoms with Crippen LogP contribution >= 0.6 is 0 Å². The number of imidazole rings is 1. The Balaban J connectivity index is 1.26. The number of halogens is 1. The van der Waals surface area contributed by atoms with Crippen LogP contribution < -0.4 is 16.0 Å². The normalized spacial score (nSPS) is 17.5. The van der Waals surface area contributed by atoms with E-state index < -0.39 is 12.0 Å². The molecule has 3 saturated carbocycles. The maximum absolute atomic E-state index is 13.0. The molecule has 0 radical (unpaired) electrons. The molecule has 11 heteroatoms. The van der Waals surface area contributed by atoms with E-state index in [0.29, 0.717) is 5.65 Å². The molecule has 6 rings (SSSR count). The summed E-state index contributed by atoms with van der Waals surface area (Å²) in [6.07, 6.45) is 6.68. The Morgan fingerprint density at radius 1 is 1.14 bits per heavy atom. The quantitative estimate of drug-likeness (QED) is 0.445. The summed E-state index contributed by atoms with van der Waals surface area (Å²) in [5.74, 6) is 5.60. The van der Waals surface area contributed by atoms with Gasteiger partial charge in [-0.25, -0.2) is 19.6 Å². The van der Waals surface area contributed by atoms with Crippen LogP contribution in [0.1, 0.15) is 62.9 Å². The lowest BCUT2D eigenvalue weighted by Crippen LogP contribution is -2.45. The highest BCUT2D eigenvalue weighted by Gasteiger charge is 2.34. The van der Waals surface area contributed by atoms with Crippen LogP contribution in [0.5, 0.6) is 5.75 Å². The van der Waals surface area contributed by atoms with Crippen molar-refractivity contribution in [2.45, 2.75) is 63.1 Å². The molecule has 0 saturated heterocycles. The number of pyridine rings is 1. The van der Waals surface area contributed by atoms with Gasteiger partial charge in [0.1, 0.15) is 0 Å². The second-order valence-electron chi connectivity index (χ2n) is 9.27. The standard InChI is InChI=1S/C24H23FN6O4/c25-18-11-10-17(13-26-18)35-24(34)29(14-3-1-4-14)12-2-5-19-27-20-21(28-19)30(15-6-7-15)23(33)31(22(20)32)16-8-9-16/h10-11,13-16H,1,3-4,6-9,12H2,(H,27,28). The molecular formula is C24H23FN6O4. The third-order valence-corrected chi connectivity index (χ3v) is 6.69. The largest absolute Gasteiger partial charge is 0.416 e. The van der Waals surface area contributed by atoms with Crippen molar-refractivity contribution in [3.63, 3.8) is 0 Å². The van der Waals surface area contributed by atoms with E-state index in [-0.39, 0.29) is 53.0 Å². The number of nitrogens with one attached hydrogen (secondary N) is 1. The van der Waals surface area contributed by atoms with Crippen LogP contribution in [0.2, 0.25) is 0 Å². The molecule has 0 bridgehead atoms. The molecule has 0 unspecified atom stereocenters. The third-order valence-electron chi connectivity index (χ3n) is 6.69. The predicted octanol–water partition coefficient (Wildman–Crippen LogP) is 2.50. The van der Waals surface area contributed by atoms with Gasteiger partial charge in [-0.3, -0.25) is 18.8 Å². The average molecular weight is 478 g/mol. The first-order valence-corrected chi connectivity index (χ1v) is 11.8. The maximum atomic E-state index is 13.0. The topological polar surface area (TPSA) is 115 Å². The molecule has 3 aliphatic rings. The number of hydrogen-bond acceptors (Lipinski definition) is 6. The predicted molar refractivity (Wildman–Crippen MR) is 123 cm³/mol. The molecule has 10 nitrogen and oxygen atoms in total. The highest BCUT2D eigenvalue weighted by Crippen LogP contribution is 2.36. The number of rotatable bonds is 5. The van der Waals surface area contributed by atoms with E-state index in [2.05, 4.69) is 26.8 Å². The fourth-order valence-corrected chi connectivity index (χ4v) is 4.31. The van der Waals surface area contributed by atoms with Crippen LogP contribution in [0.15, 0.2) is 27.9 Å². The van der Waals surface area contributed by atoms with Crippen molar-refractivity contribution in [1.29, 1.82) is 0 Å². The van der Waals surface area contributed by atoms with Gasteiger partial charge in [0.25, 0.3) is 5.56 Å². The Labute approximate surface area is 198 Å². The van der Waals surface area contributed by atoms with E-state index in [9.17, 15) is 18.8 Å². The number of carbonyl (C=O) groups excluding carboxylic acids is 1. The summed E-state index contributed by atoms with van der Waals surface area (Å²) in [5, 5.41) is 0. The molecule has 35 heavy (non-hydrogen) atoms. The molecule has 1 amide bonds. The molecule has 1 N–H and O–H groups in total. The van der Waals surface area contributed by atoms with Crippen LogP contribution in [0.4, 0.5) is 9.18 Å². The first-order valence-electron chi connectivity index (χ1n) is 11.8. The monoisotopic (exact) mass is 478 g/mol. The fourth-order valence-electron chi connectivity index (χ4n) is 4.31. The van der Waals surface area contributed by atoms with Gasteiger partial charge in [-0.1, -0.05) is 5.92 Å². The van der Waals surface area contributed by atoms with Gasteiger partial charge in [-0.2, -0.15) is 4.39 Å². The van der Waals surface area contributed by atoms with E-state index >= 15 is 0 Å². The van der Waals surface area contributed by atoms with Gasteiger partial charge in [0.2, 0.25) is 5.95 Å². The molecule has 0 aromatic carbocycles. The van der Waals surface area contributed by atoms with Gasteiger partial charge in [0.15, 0.2) is 22.7 Å². The van der Waals surface area contributed by atoms with E-state index in [0.717, 1.165) is 57.2 Å². The molecule has 0 atom stereocenters. The molecule has 3 heterocycles. The molecular weight excluding hydrogens is 455 g/mol. The highest BCUT2D eigenvalue weighted by atomic mass is 19.1. The van der Waals surface area contributed by atoms with Gasteiger partial charge in [0, 0.05) is 18.1 Å². The Morgan fingerprint density at radius 3 is 2.51 bits per heavy atom. The van der Waals surface area contributed by atoms with Crippen LogP contribution in [0.25, 0.3) is 11.2 Å². The summed E-state index contributed by atoms with van der Waals surface area (Å²) in [5.41, 5.74) is -0.0419. The molecule has 3 aliphatic carbocycles. The van der Waals surface area contributed by atoms with Crippen molar-refractivity contribution < 1.29 is 13.9 Å². The van der Waals surface area contributed by atoms with E-state index in [1.165, 1.54) is 15.5 Å². The van der Waals surface area contributed by atoms with Gasteiger partial charge < -0.3 is 9.72 Å². The van der Waals surface area contributed by atoms with E-state index in [4.69, 9.17) is 4.74 Å². The van der Waals surface area contributed by atoms with Crippen LogP contribution in [0, 0.1) is 17.8 Å². The van der Waals surface area contributed by atoms with Gasteiger partial charge >= 0.3 is 11.8 Å². The summed E-state index contributed by atoms with van der Waals surface area (Å²) in [4.78, 5) is 51.2. The minimum atomic E-state index is -0.659. The van der Waals surface area contributed by atoms with Crippen molar-refractivity contribution in [3.8, 4) is 17.6 Å². The second kappa shape index (κ2) is 8.37. The molecule has 0 spiro atoms. The lowest BCUT2D eigenvalue weighted by molar-refractivity contribution is 0.112. The number of carbonyl (C=O) groups is 1. The SMILES string of the molecule is O=C(Oc1ccc(F)nc1)N(CC#Cc1nc2c([nH]1)c(=O)n(C1CC1)c(=O)n2C1CC1)C1CCC1. The first-order chi connectivity index (χ1) is 17.0.